The van der Waals surface area contributed by atoms with Gasteiger partial charge in [0.15, 0.2) is 6.10 Å². The molecule has 0 bridgehead atoms. The van der Waals surface area contributed by atoms with Crippen LogP contribution in [0, 0.1) is 70.0 Å². The van der Waals surface area contributed by atoms with Gasteiger partial charge < -0.3 is 56.3 Å². The number of hydrogen-bond donors (Lipinski definition) is 7. The van der Waals surface area contributed by atoms with Gasteiger partial charge in [-0.15, -0.1) is 37.8 Å². The number of nitrogens with zero attached hydrogens (tertiary/aromatic N) is 2. The number of Topliss-reactive ketones (excluding diaryl/α,β-unsaturated/α-hetero) is 1. The first-order chi connectivity index (χ1) is 35.7. The van der Waals surface area contributed by atoms with Crippen molar-refractivity contribution in [2.24, 2.45) is 45.3 Å². The molecule has 0 radical (unpaired) electrons. The van der Waals surface area contributed by atoms with Crippen molar-refractivity contribution in [2.75, 3.05) is 26.2 Å². The lowest BCUT2D eigenvalue weighted by Gasteiger charge is -2.38. The molecule has 4 rings (SSSR count). The molecule has 11 atom stereocenters. The molecule has 20 nitrogen and oxygen atoms in total. The molecule has 2 aliphatic heterocycles. The first-order valence-electron chi connectivity index (χ1n) is 26.8. The summed E-state index contributed by atoms with van der Waals surface area (Å²) in [6.07, 6.45) is 11.4. The summed E-state index contributed by atoms with van der Waals surface area (Å²) in [5, 5.41) is 26.6. The molecule has 8 amide bonds. The third-order valence-corrected chi connectivity index (χ3v) is 14.9. The number of aliphatic hydroxyl groups excluding tert-OH is 1. The van der Waals surface area contributed by atoms with E-state index in [9.17, 15) is 48.3 Å². The number of fused-ring (bicyclic) bond motifs is 2. The second-order valence-corrected chi connectivity index (χ2v) is 26.2. The number of ether oxygens (including phenoxy) is 2. The number of carbonyl (C=O) groups excluding carboxylic acids is 9. The molecule has 2 saturated heterocycles. The zero-order valence-electron chi connectivity index (χ0n) is 49.1. The van der Waals surface area contributed by atoms with E-state index in [1.807, 2.05) is 55.4 Å². The van der Waals surface area contributed by atoms with Crippen molar-refractivity contribution in [1.29, 1.82) is 0 Å². The van der Waals surface area contributed by atoms with E-state index in [0.717, 1.165) is 0 Å². The molecule has 80 heavy (non-hydrogen) atoms. The van der Waals surface area contributed by atoms with Crippen molar-refractivity contribution < 1.29 is 57.7 Å². The van der Waals surface area contributed by atoms with E-state index >= 15 is 0 Å². The Kier molecular flexibility index (Phi) is 24.9. The van der Waals surface area contributed by atoms with Gasteiger partial charge in [0.25, 0.3) is 11.8 Å². The van der Waals surface area contributed by atoms with Crippen LogP contribution in [0.4, 0.5) is 9.59 Å². The number of likely N-dealkylation sites (tertiary alicyclic amines) is 2. The van der Waals surface area contributed by atoms with Crippen LogP contribution in [0.3, 0.4) is 0 Å². The molecule has 450 valence electrons. The zero-order valence-corrected chi connectivity index (χ0v) is 49.1. The Hall–Kier alpha value is -6.41. The molecule has 0 spiro atoms. The molecule has 5 unspecified atom stereocenters. The largest absolute Gasteiger partial charge is 0.444 e. The maximum Gasteiger partial charge on any atom is 0.408 e. The lowest BCUT2D eigenvalue weighted by molar-refractivity contribution is -0.145. The van der Waals surface area contributed by atoms with Gasteiger partial charge in [-0.2, -0.15) is 0 Å². The van der Waals surface area contributed by atoms with Crippen molar-refractivity contribution in [3.63, 3.8) is 0 Å². The number of aliphatic hydroxyl groups is 1. The van der Waals surface area contributed by atoms with E-state index in [-0.39, 0.29) is 94.0 Å². The highest BCUT2D eigenvalue weighted by Gasteiger charge is 2.71. The number of hydrogen-bond acceptors (Lipinski definition) is 12. The number of amides is 8. The molecular formula is C60H98N8O12. The summed E-state index contributed by atoms with van der Waals surface area (Å²) in [6.45, 7) is 37.5. The van der Waals surface area contributed by atoms with E-state index in [1.54, 1.807) is 41.5 Å². The topological polar surface area (TPSA) is 271 Å². The number of carbonyl (C=O) groups is 9. The standard InChI is InChI=1S/C29H46N4O6.C29H44N4O6.2CH4/c2*1-11-13-14-18(21(34)24(36)30-15-12-2)31-23(35)20-19-17(29(19,9)10)16-33(20)25(37)22(27(3,4)5)32-26(38)39-28(6,7)8;;/h1,12,17-22,34H,2,13-16H2,3-10H3,(H,30,36)(H,31,35)(H,32,38);1,12,17-20,22H,2,13-16H2,3-10H3,(H,30,36)(H,31,35)(H,32,38);2*1H4/t17?,18?,19-,20-,21?,22+;17?,18?,19-,20-,22+;;/m00../s1. The number of ketones is 1. The van der Waals surface area contributed by atoms with Gasteiger partial charge in [0.2, 0.25) is 29.4 Å². The molecule has 0 aromatic heterocycles. The van der Waals surface area contributed by atoms with Gasteiger partial charge in [0, 0.05) is 39.0 Å². The SMILES string of the molecule is C.C.C#CCCC(NC(=O)[C@@H]1[C@@H]2C(CN1C(=O)[C@@H](NC(=O)OC(C)(C)C)C(C)(C)C)C2(C)C)C(=O)C(=O)NCC=C.C#CCCC(NC(=O)[C@@H]1[C@@H]2C(CN1C(=O)[C@@H](NC(=O)OC(C)(C)C)C(C)(C)C)C2(C)C)C(O)C(=O)NCC=C. The van der Waals surface area contributed by atoms with Crippen LogP contribution >= 0.6 is 0 Å². The molecule has 4 aliphatic rings. The van der Waals surface area contributed by atoms with Crippen LogP contribution in [0.15, 0.2) is 25.3 Å². The number of piperidine rings is 2. The lowest BCUT2D eigenvalue weighted by atomic mass is 9.85. The lowest BCUT2D eigenvalue weighted by Crippen LogP contribution is -2.61. The minimum absolute atomic E-state index is 0. The highest BCUT2D eigenvalue weighted by atomic mass is 16.6. The van der Waals surface area contributed by atoms with Crippen molar-refractivity contribution in [3.05, 3.63) is 25.3 Å². The Bertz CT molecular complexity index is 2370. The molecule has 2 saturated carbocycles. The minimum Gasteiger partial charge on any atom is -0.444 e. The normalized spacial score (nSPS) is 22.7. The van der Waals surface area contributed by atoms with Gasteiger partial charge in [0.1, 0.15) is 35.4 Å². The van der Waals surface area contributed by atoms with E-state index in [1.165, 1.54) is 22.0 Å². The summed E-state index contributed by atoms with van der Waals surface area (Å²) >= 11 is 0. The summed E-state index contributed by atoms with van der Waals surface area (Å²) in [5.41, 5.74) is -3.21. The average molecular weight is 1120 g/mol. The molecule has 20 heteroatoms. The molecule has 0 aromatic carbocycles. The van der Waals surface area contributed by atoms with Gasteiger partial charge in [-0.05, 0) is 99.7 Å². The maximum absolute atomic E-state index is 13.9. The average Bonchev–Trinajstić information content (AvgIpc) is 3.75. The third kappa shape index (κ3) is 18.3. The smallest absolute Gasteiger partial charge is 0.408 e. The molecule has 0 aromatic rings. The second-order valence-electron chi connectivity index (χ2n) is 26.2. The number of rotatable bonds is 20. The quantitative estimate of drug-likeness (QED) is 0.0458. The van der Waals surface area contributed by atoms with E-state index in [2.05, 4.69) is 70.7 Å². The number of nitrogens with one attached hydrogen (secondary N) is 6. The van der Waals surface area contributed by atoms with Crippen LogP contribution < -0.4 is 31.9 Å². The highest BCUT2D eigenvalue weighted by Crippen LogP contribution is 2.66. The predicted molar refractivity (Wildman–Crippen MR) is 309 cm³/mol. The fraction of sp³-hybridized carbons (Fsp3) is 0.717. The van der Waals surface area contributed by atoms with Crippen molar-refractivity contribution in [3.8, 4) is 24.7 Å². The summed E-state index contributed by atoms with van der Waals surface area (Å²) < 4.78 is 10.8. The summed E-state index contributed by atoms with van der Waals surface area (Å²) in [4.78, 5) is 121. The second kappa shape index (κ2) is 27.8. The van der Waals surface area contributed by atoms with E-state index in [0.29, 0.717) is 13.1 Å². The molecule has 2 heterocycles. The monoisotopic (exact) mass is 1120 g/mol. The van der Waals surface area contributed by atoms with Crippen LogP contribution in [0.2, 0.25) is 0 Å². The Morgan fingerprint density at radius 2 is 1.00 bits per heavy atom. The molecule has 4 fully saturated rings. The van der Waals surface area contributed by atoms with Gasteiger partial charge in [-0.1, -0.05) is 96.2 Å². The van der Waals surface area contributed by atoms with Crippen LogP contribution in [0.5, 0.6) is 0 Å². The minimum atomic E-state index is -1.54. The van der Waals surface area contributed by atoms with Gasteiger partial charge in [-0.3, -0.25) is 33.6 Å². The number of alkyl carbamates (subject to hydrolysis) is 2. The fourth-order valence-electron chi connectivity index (χ4n) is 10.5. The Morgan fingerprint density at radius 1 is 0.625 bits per heavy atom. The Labute approximate surface area is 477 Å². The molecule has 2 aliphatic carbocycles. The fourth-order valence-corrected chi connectivity index (χ4v) is 10.5. The van der Waals surface area contributed by atoms with Gasteiger partial charge in [0.05, 0.1) is 12.1 Å². The first kappa shape index (κ1) is 71.6. The van der Waals surface area contributed by atoms with Crippen molar-refractivity contribution >= 4 is 53.4 Å². The molecule has 7 N–H and O–H groups in total. The number of terminal acetylenes is 2. The Morgan fingerprint density at radius 3 is 1.36 bits per heavy atom. The van der Waals surface area contributed by atoms with Gasteiger partial charge in [-0.25, -0.2) is 9.59 Å². The van der Waals surface area contributed by atoms with E-state index in [4.69, 9.17) is 22.3 Å². The predicted octanol–water partition coefficient (Wildman–Crippen LogP) is 5.42. The first-order valence-corrected chi connectivity index (χ1v) is 26.8. The van der Waals surface area contributed by atoms with Crippen molar-refractivity contribution in [2.45, 2.75) is 205 Å². The summed E-state index contributed by atoms with van der Waals surface area (Å²) in [7, 11) is 0. The zero-order chi connectivity index (χ0) is 59.8. The third-order valence-electron chi connectivity index (χ3n) is 14.9. The maximum atomic E-state index is 13.9. The highest BCUT2D eigenvalue weighted by molar-refractivity contribution is 6.38. The van der Waals surface area contributed by atoms with Crippen LogP contribution in [0.25, 0.3) is 0 Å². The van der Waals surface area contributed by atoms with Gasteiger partial charge >= 0.3 is 12.2 Å². The van der Waals surface area contributed by atoms with Crippen LogP contribution in [0.1, 0.15) is 151 Å². The Balaban J connectivity index is 0.000000780. The summed E-state index contributed by atoms with van der Waals surface area (Å²) in [5.74, 6) is 0.719. The van der Waals surface area contributed by atoms with Crippen molar-refractivity contribution in [1.82, 2.24) is 41.7 Å². The molecular weight excluding hydrogens is 1020 g/mol. The van der Waals surface area contributed by atoms with E-state index < -0.39 is 112 Å². The van der Waals surface area contributed by atoms with Crippen LogP contribution in [-0.2, 0) is 43.0 Å². The van der Waals surface area contributed by atoms with Crippen LogP contribution in [-0.4, -0.2) is 148 Å². The summed E-state index contributed by atoms with van der Waals surface area (Å²) in [6, 6.07) is -5.72.